The molecule has 1 aliphatic rings. The van der Waals surface area contributed by atoms with Gasteiger partial charge in [-0.05, 0) is 67.0 Å². The van der Waals surface area contributed by atoms with Crippen LogP contribution in [-0.4, -0.2) is 17.8 Å². The maximum atomic E-state index is 13.3. The summed E-state index contributed by atoms with van der Waals surface area (Å²) in [5.41, 5.74) is 3.36. The third-order valence-electron chi connectivity index (χ3n) is 5.73. The Morgan fingerprint density at radius 3 is 2.30 bits per heavy atom. The average Bonchev–Trinajstić information content (AvgIpc) is 2.97. The number of rotatable bonds is 5. The number of fused-ring (bicyclic) bond motifs is 1. The molecule has 0 atom stereocenters. The third kappa shape index (κ3) is 3.58. The number of hydrogen-bond donors (Lipinski definition) is 1. The number of para-hydroxylation sites is 1. The first kappa shape index (κ1) is 20.5. The zero-order valence-electron chi connectivity index (χ0n) is 17.6. The summed E-state index contributed by atoms with van der Waals surface area (Å²) in [6, 6.07) is 14.5. The zero-order valence-corrected chi connectivity index (χ0v) is 18.4. The molecule has 0 radical (unpaired) electrons. The molecule has 1 aromatic heterocycles. The Bertz CT molecular complexity index is 1240. The molecule has 3 aromatic rings. The van der Waals surface area contributed by atoms with Crippen molar-refractivity contribution in [3.8, 4) is 5.69 Å². The van der Waals surface area contributed by atoms with E-state index in [0.29, 0.717) is 11.4 Å². The molecule has 0 bridgehead atoms. The molecular formula is C23H27N3O3S. The van der Waals surface area contributed by atoms with Crippen LogP contribution in [0.4, 0.5) is 5.69 Å². The summed E-state index contributed by atoms with van der Waals surface area (Å²) in [6.07, 6.45) is 4.09. The second-order valence-electron chi connectivity index (χ2n) is 8.13. The number of nitrogens with zero attached hydrogens (tertiary/aromatic N) is 2. The number of nitrogens with one attached hydrogen (secondary N) is 1. The number of hydrogen-bond acceptors (Lipinski definition) is 3. The van der Waals surface area contributed by atoms with Gasteiger partial charge in [-0.25, -0.2) is 13.1 Å². The van der Waals surface area contributed by atoms with Gasteiger partial charge in [0.1, 0.15) is 5.69 Å². The second kappa shape index (κ2) is 7.80. The van der Waals surface area contributed by atoms with Gasteiger partial charge in [0.2, 0.25) is 0 Å². The molecule has 0 saturated carbocycles. The zero-order chi connectivity index (χ0) is 21.5. The quantitative estimate of drug-likeness (QED) is 0.672. The molecule has 158 valence electrons. The SMILES string of the molecule is CC(C)c1c(NS(=O)(=O)c2ccc3c(c2)CCCC3)c(=O)n(-c2ccccc2)n1C. The maximum absolute atomic E-state index is 13.3. The Morgan fingerprint density at radius 1 is 0.967 bits per heavy atom. The van der Waals surface area contributed by atoms with Crippen LogP contribution in [0.15, 0.2) is 58.2 Å². The van der Waals surface area contributed by atoms with E-state index in [1.54, 1.807) is 23.9 Å². The number of sulfonamides is 1. The topological polar surface area (TPSA) is 73.1 Å². The van der Waals surface area contributed by atoms with Gasteiger partial charge in [-0.1, -0.05) is 38.1 Å². The van der Waals surface area contributed by atoms with Crippen LogP contribution in [0.2, 0.25) is 0 Å². The van der Waals surface area contributed by atoms with Crippen LogP contribution >= 0.6 is 0 Å². The smallest absolute Gasteiger partial charge is 0.283 e. The Labute approximate surface area is 177 Å². The van der Waals surface area contributed by atoms with Crippen molar-refractivity contribution in [2.75, 3.05) is 4.72 Å². The molecule has 1 N–H and O–H groups in total. The van der Waals surface area contributed by atoms with Gasteiger partial charge in [-0.2, -0.15) is 0 Å². The number of anilines is 1. The summed E-state index contributed by atoms with van der Waals surface area (Å²) in [5.74, 6) is -0.0473. The van der Waals surface area contributed by atoms with E-state index < -0.39 is 10.0 Å². The standard InChI is InChI=1S/C23H27N3O3S/c1-16(2)22-21(23(27)26(25(22)3)19-11-5-4-6-12-19)24-30(28,29)20-14-13-17-9-7-8-10-18(17)15-20/h4-6,11-16,24H,7-10H2,1-3H3. The Balaban J connectivity index is 1.80. The summed E-state index contributed by atoms with van der Waals surface area (Å²) in [7, 11) is -2.11. The molecule has 0 amide bonds. The molecule has 1 aliphatic carbocycles. The first-order valence-electron chi connectivity index (χ1n) is 10.3. The second-order valence-corrected chi connectivity index (χ2v) is 9.82. The number of aromatic nitrogens is 2. The van der Waals surface area contributed by atoms with Crippen LogP contribution in [0.25, 0.3) is 5.69 Å². The van der Waals surface area contributed by atoms with Crippen LogP contribution in [0.3, 0.4) is 0 Å². The minimum atomic E-state index is -3.89. The van der Waals surface area contributed by atoms with Crippen LogP contribution in [0.5, 0.6) is 0 Å². The molecule has 30 heavy (non-hydrogen) atoms. The first-order valence-corrected chi connectivity index (χ1v) is 11.8. The van der Waals surface area contributed by atoms with Gasteiger partial charge in [-0.15, -0.1) is 0 Å². The van der Waals surface area contributed by atoms with Crippen molar-refractivity contribution in [3.05, 3.63) is 75.7 Å². The highest BCUT2D eigenvalue weighted by molar-refractivity contribution is 7.92. The molecule has 0 fully saturated rings. The van der Waals surface area contributed by atoms with Crippen molar-refractivity contribution in [1.29, 1.82) is 0 Å². The van der Waals surface area contributed by atoms with Crippen LogP contribution < -0.4 is 10.3 Å². The van der Waals surface area contributed by atoms with Crippen molar-refractivity contribution in [2.45, 2.75) is 50.3 Å². The van der Waals surface area contributed by atoms with Gasteiger partial charge < -0.3 is 0 Å². The highest BCUT2D eigenvalue weighted by Crippen LogP contribution is 2.28. The minimum Gasteiger partial charge on any atom is -0.283 e. The van der Waals surface area contributed by atoms with Crippen LogP contribution in [0.1, 0.15) is 49.4 Å². The molecule has 4 rings (SSSR count). The predicted molar refractivity (Wildman–Crippen MR) is 119 cm³/mol. The van der Waals surface area contributed by atoms with E-state index in [2.05, 4.69) is 4.72 Å². The van der Waals surface area contributed by atoms with Crippen molar-refractivity contribution in [1.82, 2.24) is 9.36 Å². The maximum Gasteiger partial charge on any atom is 0.296 e. The van der Waals surface area contributed by atoms with Gasteiger partial charge in [-0.3, -0.25) is 14.2 Å². The van der Waals surface area contributed by atoms with Crippen molar-refractivity contribution in [3.63, 3.8) is 0 Å². The number of benzene rings is 2. The fourth-order valence-electron chi connectivity index (χ4n) is 4.31. The van der Waals surface area contributed by atoms with E-state index in [1.807, 2.05) is 50.2 Å². The molecule has 2 aromatic carbocycles. The lowest BCUT2D eigenvalue weighted by atomic mass is 9.92. The lowest BCUT2D eigenvalue weighted by Gasteiger charge is -2.17. The normalized spacial score (nSPS) is 14.0. The summed E-state index contributed by atoms with van der Waals surface area (Å²) < 4.78 is 32.2. The fourth-order valence-corrected chi connectivity index (χ4v) is 5.43. The van der Waals surface area contributed by atoms with E-state index in [9.17, 15) is 13.2 Å². The molecule has 0 aliphatic heterocycles. The van der Waals surface area contributed by atoms with Gasteiger partial charge >= 0.3 is 0 Å². The van der Waals surface area contributed by atoms with Gasteiger partial charge in [0, 0.05) is 7.05 Å². The Morgan fingerprint density at radius 2 is 1.63 bits per heavy atom. The van der Waals surface area contributed by atoms with E-state index >= 15 is 0 Å². The molecule has 0 unspecified atom stereocenters. The minimum absolute atomic E-state index is 0.0473. The number of aryl methyl sites for hydroxylation is 2. The summed E-state index contributed by atoms with van der Waals surface area (Å²) in [6.45, 7) is 3.89. The molecule has 1 heterocycles. The average molecular weight is 426 g/mol. The summed E-state index contributed by atoms with van der Waals surface area (Å²) in [4.78, 5) is 13.5. The molecule has 0 spiro atoms. The lowest BCUT2D eigenvalue weighted by Crippen LogP contribution is -2.23. The Kier molecular flexibility index (Phi) is 5.32. The van der Waals surface area contributed by atoms with Gasteiger partial charge in [0.25, 0.3) is 15.6 Å². The summed E-state index contributed by atoms with van der Waals surface area (Å²) >= 11 is 0. The summed E-state index contributed by atoms with van der Waals surface area (Å²) in [5, 5.41) is 0. The molecular weight excluding hydrogens is 398 g/mol. The highest BCUT2D eigenvalue weighted by Gasteiger charge is 2.26. The fraction of sp³-hybridized carbons (Fsp3) is 0.348. The highest BCUT2D eigenvalue weighted by atomic mass is 32.2. The lowest BCUT2D eigenvalue weighted by molar-refractivity contribution is 0.594. The van der Waals surface area contributed by atoms with Crippen LogP contribution in [0, 0.1) is 0 Å². The molecule has 7 heteroatoms. The van der Waals surface area contributed by atoms with Gasteiger partial charge in [0.05, 0.1) is 16.3 Å². The van der Waals surface area contributed by atoms with Crippen molar-refractivity contribution in [2.24, 2.45) is 7.05 Å². The monoisotopic (exact) mass is 425 g/mol. The third-order valence-corrected chi connectivity index (χ3v) is 7.07. The largest absolute Gasteiger partial charge is 0.296 e. The molecule has 6 nitrogen and oxygen atoms in total. The van der Waals surface area contributed by atoms with E-state index in [0.717, 1.165) is 31.2 Å². The molecule has 0 saturated heterocycles. The van der Waals surface area contributed by atoms with Gasteiger partial charge in [0.15, 0.2) is 0 Å². The Hall–Kier alpha value is -2.80. The van der Waals surface area contributed by atoms with Crippen molar-refractivity contribution >= 4 is 15.7 Å². The van der Waals surface area contributed by atoms with E-state index in [4.69, 9.17) is 0 Å². The van der Waals surface area contributed by atoms with Crippen LogP contribution in [-0.2, 0) is 29.9 Å². The first-order chi connectivity index (χ1) is 14.3. The van der Waals surface area contributed by atoms with E-state index in [1.165, 1.54) is 10.2 Å². The predicted octanol–water partition coefficient (Wildman–Crippen LogP) is 3.98. The van der Waals surface area contributed by atoms with E-state index in [-0.39, 0.29) is 22.1 Å². The van der Waals surface area contributed by atoms with Crippen molar-refractivity contribution < 1.29 is 8.42 Å².